The normalized spacial score (nSPS) is 22.5. The summed E-state index contributed by atoms with van der Waals surface area (Å²) >= 11 is 0. The van der Waals surface area contributed by atoms with Crippen LogP contribution in [-0.2, 0) is 0 Å². The number of amides is 1. The van der Waals surface area contributed by atoms with E-state index in [2.05, 4.69) is 10.2 Å². The van der Waals surface area contributed by atoms with E-state index in [-0.39, 0.29) is 24.1 Å². The van der Waals surface area contributed by atoms with Crippen LogP contribution in [0.3, 0.4) is 0 Å². The monoisotopic (exact) mass is 327 g/mol. The van der Waals surface area contributed by atoms with Gasteiger partial charge in [0.2, 0.25) is 0 Å². The van der Waals surface area contributed by atoms with Crippen molar-refractivity contribution < 1.29 is 9.18 Å². The lowest BCUT2D eigenvalue weighted by molar-refractivity contribution is 0.0772. The highest BCUT2D eigenvalue weighted by Gasteiger charge is 2.31. The van der Waals surface area contributed by atoms with Crippen LogP contribution < -0.4 is 5.32 Å². The maximum absolute atomic E-state index is 13.4. The number of nitrogens with one attached hydrogen (secondary N) is 1. The Morgan fingerprint density at radius 1 is 1.27 bits per heavy atom. The molecular weight excluding hydrogens is 305 g/mol. The van der Waals surface area contributed by atoms with Crippen LogP contribution in [0.2, 0.25) is 0 Å². The van der Waals surface area contributed by atoms with Crippen molar-refractivity contribution in [1.29, 1.82) is 0 Å². The fourth-order valence-corrected chi connectivity index (χ4v) is 3.27. The number of piperazine rings is 1. The predicted octanol–water partition coefficient (Wildman–Crippen LogP) is 1.68. The highest BCUT2D eigenvalue weighted by molar-refractivity contribution is 5.95. The minimum absolute atomic E-state index is 0. The molecule has 0 aliphatic carbocycles. The lowest BCUT2D eigenvalue weighted by Crippen LogP contribution is -2.49. The van der Waals surface area contributed by atoms with Gasteiger partial charge in [-0.05, 0) is 31.0 Å². The van der Waals surface area contributed by atoms with E-state index in [0.717, 1.165) is 51.3 Å². The molecule has 0 saturated carbocycles. The lowest BCUT2D eigenvalue weighted by Gasteiger charge is -2.32. The molecule has 1 amide bonds. The number of halogens is 2. The first-order chi connectivity index (χ1) is 10.1. The van der Waals surface area contributed by atoms with Gasteiger partial charge in [-0.25, -0.2) is 4.39 Å². The van der Waals surface area contributed by atoms with Gasteiger partial charge in [0.15, 0.2) is 0 Å². The van der Waals surface area contributed by atoms with Crippen LogP contribution in [-0.4, -0.2) is 61.0 Å². The van der Waals surface area contributed by atoms with Crippen molar-refractivity contribution in [2.75, 3.05) is 39.3 Å². The first-order valence-electron chi connectivity index (χ1n) is 7.65. The van der Waals surface area contributed by atoms with E-state index < -0.39 is 0 Å². The van der Waals surface area contributed by atoms with Crippen molar-refractivity contribution in [3.05, 3.63) is 35.1 Å². The molecule has 0 radical (unpaired) electrons. The number of aryl methyl sites for hydroxylation is 1. The fraction of sp³-hybridized carbons (Fsp3) is 0.562. The number of hydrogen-bond donors (Lipinski definition) is 1. The molecule has 2 fully saturated rings. The van der Waals surface area contributed by atoms with Crippen LogP contribution in [0.1, 0.15) is 22.3 Å². The van der Waals surface area contributed by atoms with Crippen molar-refractivity contribution in [3.63, 3.8) is 0 Å². The third kappa shape index (κ3) is 3.59. The Labute approximate surface area is 137 Å². The van der Waals surface area contributed by atoms with Gasteiger partial charge >= 0.3 is 0 Å². The summed E-state index contributed by atoms with van der Waals surface area (Å²) in [6.45, 7) is 7.52. The number of rotatable bonds is 2. The van der Waals surface area contributed by atoms with Gasteiger partial charge in [0.05, 0.1) is 0 Å². The van der Waals surface area contributed by atoms with Crippen molar-refractivity contribution in [3.8, 4) is 0 Å². The van der Waals surface area contributed by atoms with Gasteiger partial charge < -0.3 is 10.2 Å². The van der Waals surface area contributed by atoms with Gasteiger partial charge in [-0.15, -0.1) is 12.4 Å². The number of carbonyl (C=O) groups is 1. The largest absolute Gasteiger partial charge is 0.337 e. The smallest absolute Gasteiger partial charge is 0.254 e. The van der Waals surface area contributed by atoms with Crippen molar-refractivity contribution in [2.24, 2.45) is 0 Å². The van der Waals surface area contributed by atoms with Gasteiger partial charge in [0, 0.05) is 50.9 Å². The molecule has 0 bridgehead atoms. The van der Waals surface area contributed by atoms with E-state index in [1.807, 2.05) is 11.8 Å². The molecule has 1 N–H and O–H groups in total. The Kier molecular flexibility index (Phi) is 5.78. The number of nitrogens with zero attached hydrogens (tertiary/aromatic N) is 2. The standard InChI is InChI=1S/C16H22FN3O.ClH/c1-12-2-3-13(17)10-15(12)16(21)20-7-4-14(11-20)19-8-5-18-6-9-19;/h2-3,10,14,18H,4-9,11H2,1H3;1H. The molecule has 1 atom stereocenters. The van der Waals surface area contributed by atoms with E-state index in [1.54, 1.807) is 6.07 Å². The Balaban J connectivity index is 0.00000176. The first kappa shape index (κ1) is 17.2. The summed E-state index contributed by atoms with van der Waals surface area (Å²) < 4.78 is 13.4. The number of hydrogen-bond acceptors (Lipinski definition) is 3. The van der Waals surface area contributed by atoms with Gasteiger partial charge in [-0.3, -0.25) is 9.69 Å². The topological polar surface area (TPSA) is 35.6 Å². The SMILES string of the molecule is Cc1ccc(F)cc1C(=O)N1CCC(N2CCNCC2)C1.Cl. The van der Waals surface area contributed by atoms with Crippen LogP contribution in [0, 0.1) is 12.7 Å². The highest BCUT2D eigenvalue weighted by atomic mass is 35.5. The molecule has 0 spiro atoms. The molecule has 4 nitrogen and oxygen atoms in total. The summed E-state index contributed by atoms with van der Waals surface area (Å²) in [4.78, 5) is 16.9. The summed E-state index contributed by atoms with van der Waals surface area (Å²) in [5.41, 5.74) is 1.34. The van der Waals surface area contributed by atoms with Crippen molar-refractivity contribution in [1.82, 2.24) is 15.1 Å². The van der Waals surface area contributed by atoms with Crippen molar-refractivity contribution in [2.45, 2.75) is 19.4 Å². The first-order valence-corrected chi connectivity index (χ1v) is 7.65. The van der Waals surface area contributed by atoms with Gasteiger partial charge in [0.25, 0.3) is 5.91 Å². The number of likely N-dealkylation sites (tertiary alicyclic amines) is 1. The van der Waals surface area contributed by atoms with Crippen LogP contribution in [0.25, 0.3) is 0 Å². The van der Waals surface area contributed by atoms with Crippen molar-refractivity contribution >= 4 is 18.3 Å². The number of carbonyl (C=O) groups excluding carboxylic acids is 1. The van der Waals surface area contributed by atoms with Crippen LogP contribution in [0.15, 0.2) is 18.2 Å². The lowest BCUT2D eigenvalue weighted by atomic mass is 10.1. The van der Waals surface area contributed by atoms with Crippen LogP contribution in [0.5, 0.6) is 0 Å². The fourth-order valence-electron chi connectivity index (χ4n) is 3.27. The zero-order chi connectivity index (χ0) is 14.8. The van der Waals surface area contributed by atoms with E-state index >= 15 is 0 Å². The Bertz CT molecular complexity index is 534. The minimum atomic E-state index is -0.346. The summed E-state index contributed by atoms with van der Waals surface area (Å²) in [5.74, 6) is -0.383. The Hall–Kier alpha value is -1.17. The molecule has 0 aromatic heterocycles. The Morgan fingerprint density at radius 2 is 2.00 bits per heavy atom. The second kappa shape index (κ2) is 7.40. The third-order valence-corrected chi connectivity index (χ3v) is 4.55. The zero-order valence-electron chi connectivity index (χ0n) is 12.8. The number of benzene rings is 1. The molecule has 6 heteroatoms. The van der Waals surface area contributed by atoms with Gasteiger partial charge in [-0.2, -0.15) is 0 Å². The maximum Gasteiger partial charge on any atom is 0.254 e. The van der Waals surface area contributed by atoms with Crippen LogP contribution >= 0.6 is 12.4 Å². The molecule has 3 rings (SSSR count). The average Bonchev–Trinajstić information content (AvgIpc) is 3.00. The summed E-state index contributed by atoms with van der Waals surface area (Å²) in [7, 11) is 0. The molecule has 1 aromatic carbocycles. The summed E-state index contributed by atoms with van der Waals surface area (Å²) in [6.07, 6.45) is 1.01. The van der Waals surface area contributed by atoms with E-state index in [1.165, 1.54) is 12.1 Å². The highest BCUT2D eigenvalue weighted by Crippen LogP contribution is 2.20. The molecule has 2 aliphatic rings. The molecule has 2 aliphatic heterocycles. The van der Waals surface area contributed by atoms with E-state index in [0.29, 0.717) is 11.6 Å². The van der Waals surface area contributed by atoms with E-state index in [4.69, 9.17) is 0 Å². The summed E-state index contributed by atoms with van der Waals surface area (Å²) in [6, 6.07) is 4.88. The molecule has 22 heavy (non-hydrogen) atoms. The maximum atomic E-state index is 13.4. The second-order valence-corrected chi connectivity index (χ2v) is 5.94. The van der Waals surface area contributed by atoms with Gasteiger partial charge in [-0.1, -0.05) is 6.07 Å². The molecule has 1 aromatic rings. The van der Waals surface area contributed by atoms with E-state index in [9.17, 15) is 9.18 Å². The predicted molar refractivity (Wildman–Crippen MR) is 87.1 cm³/mol. The zero-order valence-corrected chi connectivity index (χ0v) is 13.7. The Morgan fingerprint density at radius 3 is 2.73 bits per heavy atom. The molecule has 2 saturated heterocycles. The average molecular weight is 328 g/mol. The summed E-state index contributed by atoms with van der Waals surface area (Å²) in [5, 5.41) is 3.35. The molecular formula is C16H23ClFN3O. The minimum Gasteiger partial charge on any atom is -0.337 e. The van der Waals surface area contributed by atoms with Crippen LogP contribution in [0.4, 0.5) is 4.39 Å². The van der Waals surface area contributed by atoms with Gasteiger partial charge in [0.1, 0.15) is 5.82 Å². The second-order valence-electron chi connectivity index (χ2n) is 5.94. The molecule has 2 heterocycles. The quantitative estimate of drug-likeness (QED) is 0.897. The molecule has 122 valence electrons. The molecule has 1 unspecified atom stereocenters. The third-order valence-electron chi connectivity index (χ3n) is 4.55.